The van der Waals surface area contributed by atoms with Crippen LogP contribution in [0.1, 0.15) is 53.9 Å². The number of aliphatic hydroxyl groups is 1. The van der Waals surface area contributed by atoms with Crippen LogP contribution < -0.4 is 0 Å². The van der Waals surface area contributed by atoms with Crippen molar-refractivity contribution in [2.24, 2.45) is 11.3 Å². The van der Waals surface area contributed by atoms with Crippen LogP contribution in [0, 0.1) is 11.3 Å². The zero-order chi connectivity index (χ0) is 12.6. The van der Waals surface area contributed by atoms with Gasteiger partial charge in [0.15, 0.2) is 0 Å². The summed E-state index contributed by atoms with van der Waals surface area (Å²) in [6.07, 6.45) is 3.42. The summed E-state index contributed by atoms with van der Waals surface area (Å²) in [5, 5.41) is 8.94. The zero-order valence-electron chi connectivity index (χ0n) is 11.9. The lowest BCUT2D eigenvalue weighted by Crippen LogP contribution is -2.37. The van der Waals surface area contributed by atoms with Gasteiger partial charge in [-0.2, -0.15) is 0 Å². The molecule has 0 spiro atoms. The van der Waals surface area contributed by atoms with E-state index in [0.29, 0.717) is 12.0 Å². The number of hydrogen-bond donors (Lipinski definition) is 1. The highest BCUT2D eigenvalue weighted by Crippen LogP contribution is 2.18. The van der Waals surface area contributed by atoms with Gasteiger partial charge in [-0.25, -0.2) is 0 Å². The van der Waals surface area contributed by atoms with Crippen LogP contribution in [-0.2, 0) is 0 Å². The predicted molar refractivity (Wildman–Crippen MR) is 71.7 cm³/mol. The molecule has 0 atom stereocenters. The molecule has 16 heavy (non-hydrogen) atoms. The Morgan fingerprint density at radius 3 is 2.06 bits per heavy atom. The maximum absolute atomic E-state index is 8.94. The Morgan fingerprint density at radius 1 is 1.12 bits per heavy atom. The van der Waals surface area contributed by atoms with Gasteiger partial charge < -0.3 is 10.0 Å². The van der Waals surface area contributed by atoms with Crippen molar-refractivity contribution in [1.82, 2.24) is 4.90 Å². The summed E-state index contributed by atoms with van der Waals surface area (Å²) in [7, 11) is 0. The van der Waals surface area contributed by atoms with Gasteiger partial charge in [-0.3, -0.25) is 0 Å². The van der Waals surface area contributed by atoms with Gasteiger partial charge in [-0.1, -0.05) is 47.5 Å². The number of nitrogens with zero attached hydrogens (tertiary/aromatic N) is 1. The summed E-state index contributed by atoms with van der Waals surface area (Å²) in [6, 6.07) is 0. The van der Waals surface area contributed by atoms with Gasteiger partial charge in [0.05, 0.1) is 0 Å². The third-order valence-corrected chi connectivity index (χ3v) is 3.00. The van der Waals surface area contributed by atoms with Crippen LogP contribution in [0.5, 0.6) is 0 Å². The highest BCUT2D eigenvalue weighted by molar-refractivity contribution is 4.71. The molecule has 0 aromatic carbocycles. The molecule has 0 amide bonds. The Morgan fingerprint density at radius 2 is 1.69 bits per heavy atom. The molecule has 0 heterocycles. The van der Waals surface area contributed by atoms with Gasteiger partial charge in [0.25, 0.3) is 0 Å². The molecule has 98 valence electrons. The highest BCUT2D eigenvalue weighted by Gasteiger charge is 2.18. The fourth-order valence-corrected chi connectivity index (χ4v) is 2.11. The predicted octanol–water partition coefficient (Wildman–Crippen LogP) is 3.15. The summed E-state index contributed by atoms with van der Waals surface area (Å²) in [6.45, 7) is 15.1. The maximum Gasteiger partial charge on any atom is 0.0443 e. The zero-order valence-corrected chi connectivity index (χ0v) is 11.9. The van der Waals surface area contributed by atoms with Crippen molar-refractivity contribution in [3.63, 3.8) is 0 Å². The monoisotopic (exact) mass is 229 g/mol. The second kappa shape index (κ2) is 8.08. The van der Waals surface area contributed by atoms with Crippen LogP contribution in [0.4, 0.5) is 0 Å². The molecular formula is C14H31NO. The molecule has 0 rings (SSSR count). The first-order chi connectivity index (χ1) is 7.42. The van der Waals surface area contributed by atoms with E-state index < -0.39 is 0 Å². The van der Waals surface area contributed by atoms with Crippen LogP contribution in [0.15, 0.2) is 0 Å². The van der Waals surface area contributed by atoms with Crippen molar-refractivity contribution in [3.8, 4) is 0 Å². The molecule has 0 aliphatic rings. The molecule has 2 nitrogen and oxygen atoms in total. The minimum Gasteiger partial charge on any atom is -0.396 e. The topological polar surface area (TPSA) is 23.5 Å². The molecule has 0 bridgehead atoms. The van der Waals surface area contributed by atoms with Crippen LogP contribution in [0.3, 0.4) is 0 Å². The Kier molecular flexibility index (Phi) is 8.04. The molecule has 0 aromatic rings. The lowest BCUT2D eigenvalue weighted by molar-refractivity contribution is 0.148. The molecule has 0 aliphatic carbocycles. The molecule has 0 radical (unpaired) electrons. The highest BCUT2D eigenvalue weighted by atomic mass is 16.3. The maximum atomic E-state index is 8.94. The molecule has 0 fully saturated rings. The largest absolute Gasteiger partial charge is 0.396 e. The molecule has 2 heteroatoms. The van der Waals surface area contributed by atoms with E-state index in [1.54, 1.807) is 0 Å². The van der Waals surface area contributed by atoms with E-state index in [0.717, 1.165) is 25.4 Å². The molecule has 0 saturated heterocycles. The first kappa shape index (κ1) is 15.9. The Labute approximate surface area is 102 Å². The third-order valence-electron chi connectivity index (χ3n) is 3.00. The third kappa shape index (κ3) is 8.12. The first-order valence-electron chi connectivity index (χ1n) is 6.76. The fourth-order valence-electron chi connectivity index (χ4n) is 2.11. The fraction of sp³-hybridized carbons (Fsp3) is 1.00. The summed E-state index contributed by atoms with van der Waals surface area (Å²) in [5.74, 6) is 0.807. The van der Waals surface area contributed by atoms with Crippen molar-refractivity contribution in [3.05, 3.63) is 0 Å². The molecule has 0 aliphatic heterocycles. The van der Waals surface area contributed by atoms with E-state index >= 15 is 0 Å². The van der Waals surface area contributed by atoms with Gasteiger partial charge in [0, 0.05) is 26.2 Å². The number of rotatable bonds is 8. The summed E-state index contributed by atoms with van der Waals surface area (Å²) >= 11 is 0. The van der Waals surface area contributed by atoms with Crippen molar-refractivity contribution < 1.29 is 5.11 Å². The molecule has 0 unspecified atom stereocenters. The normalized spacial score (nSPS) is 12.8. The lowest BCUT2D eigenvalue weighted by atomic mass is 9.94. The first-order valence-corrected chi connectivity index (χ1v) is 6.76. The van der Waals surface area contributed by atoms with Gasteiger partial charge in [-0.15, -0.1) is 0 Å². The van der Waals surface area contributed by atoms with Crippen LogP contribution in [0.2, 0.25) is 0 Å². The standard InChI is InChI=1S/C14H31NO/c1-6-13(7-2)11-15(9-8-10-16)12-14(3,4)5/h13,16H,6-12H2,1-5H3. The van der Waals surface area contributed by atoms with Crippen molar-refractivity contribution in [2.45, 2.75) is 53.9 Å². The van der Waals surface area contributed by atoms with E-state index in [-0.39, 0.29) is 0 Å². The summed E-state index contributed by atoms with van der Waals surface area (Å²) in [5.41, 5.74) is 0.349. The average molecular weight is 229 g/mol. The van der Waals surface area contributed by atoms with E-state index in [2.05, 4.69) is 39.5 Å². The minimum atomic E-state index is 0.309. The average Bonchev–Trinajstić information content (AvgIpc) is 2.20. The smallest absolute Gasteiger partial charge is 0.0443 e. The second-order valence-corrected chi connectivity index (χ2v) is 6.06. The Hall–Kier alpha value is -0.0800. The van der Waals surface area contributed by atoms with E-state index in [1.807, 2.05) is 0 Å². The quantitative estimate of drug-likeness (QED) is 0.691. The Balaban J connectivity index is 4.18. The molecular weight excluding hydrogens is 198 g/mol. The van der Waals surface area contributed by atoms with Crippen molar-refractivity contribution in [1.29, 1.82) is 0 Å². The molecule has 1 N–H and O–H groups in total. The number of hydrogen-bond acceptors (Lipinski definition) is 2. The van der Waals surface area contributed by atoms with E-state index in [9.17, 15) is 0 Å². The van der Waals surface area contributed by atoms with Gasteiger partial charge in [0.1, 0.15) is 0 Å². The lowest BCUT2D eigenvalue weighted by Gasteiger charge is -2.32. The van der Waals surface area contributed by atoms with Crippen LogP contribution in [-0.4, -0.2) is 36.2 Å². The minimum absolute atomic E-state index is 0.309. The summed E-state index contributed by atoms with van der Waals surface area (Å²) in [4.78, 5) is 2.52. The van der Waals surface area contributed by atoms with Gasteiger partial charge in [0.2, 0.25) is 0 Å². The van der Waals surface area contributed by atoms with Crippen LogP contribution >= 0.6 is 0 Å². The van der Waals surface area contributed by atoms with Gasteiger partial charge >= 0.3 is 0 Å². The summed E-state index contributed by atoms with van der Waals surface area (Å²) < 4.78 is 0. The van der Waals surface area contributed by atoms with Crippen molar-refractivity contribution in [2.75, 3.05) is 26.2 Å². The SMILES string of the molecule is CCC(CC)CN(CCCO)CC(C)(C)C. The molecule has 0 saturated carbocycles. The van der Waals surface area contributed by atoms with Gasteiger partial charge in [-0.05, 0) is 17.8 Å². The van der Waals surface area contributed by atoms with E-state index in [4.69, 9.17) is 5.11 Å². The number of aliphatic hydroxyl groups excluding tert-OH is 1. The van der Waals surface area contributed by atoms with E-state index in [1.165, 1.54) is 19.4 Å². The molecule has 0 aromatic heterocycles. The second-order valence-electron chi connectivity index (χ2n) is 6.06. The Bertz CT molecular complexity index is 159. The van der Waals surface area contributed by atoms with Crippen LogP contribution in [0.25, 0.3) is 0 Å². The van der Waals surface area contributed by atoms with Crippen molar-refractivity contribution >= 4 is 0 Å².